The lowest BCUT2D eigenvalue weighted by Crippen LogP contribution is -2.35. The summed E-state index contributed by atoms with van der Waals surface area (Å²) in [6, 6.07) is 1.51. The van der Waals surface area contributed by atoms with Crippen molar-refractivity contribution in [1.82, 2.24) is 19.9 Å². The minimum atomic E-state index is -1.02. The SMILES string of the molecule is COCCNc1nc(C)c(-c2nc3c(C4CC4)nccc3s2)c(NC2CC(CO)C(O)C2O)n1. The van der Waals surface area contributed by atoms with Crippen LogP contribution in [0.15, 0.2) is 12.3 Å². The molecule has 2 fully saturated rings. The van der Waals surface area contributed by atoms with Crippen LogP contribution in [0.1, 0.15) is 36.6 Å². The number of anilines is 2. The average molecular weight is 487 g/mol. The van der Waals surface area contributed by atoms with Crippen molar-refractivity contribution in [2.45, 2.75) is 50.4 Å². The first kappa shape index (κ1) is 23.3. The molecule has 0 aromatic carbocycles. The highest BCUT2D eigenvalue weighted by Gasteiger charge is 2.41. The summed E-state index contributed by atoms with van der Waals surface area (Å²) in [7, 11) is 1.63. The predicted octanol–water partition coefficient (Wildman–Crippen LogP) is 1.91. The van der Waals surface area contributed by atoms with Crippen LogP contribution in [0.2, 0.25) is 0 Å². The molecule has 5 N–H and O–H groups in total. The van der Waals surface area contributed by atoms with Gasteiger partial charge in [0, 0.05) is 38.3 Å². The number of rotatable bonds is 9. The molecule has 2 aliphatic rings. The van der Waals surface area contributed by atoms with Crippen LogP contribution in [-0.4, -0.2) is 80.4 Å². The molecule has 3 aromatic rings. The van der Waals surface area contributed by atoms with E-state index in [0.717, 1.165) is 45.0 Å². The third kappa shape index (κ3) is 4.46. The number of methoxy groups -OCH3 is 1. The zero-order valence-electron chi connectivity index (χ0n) is 19.2. The number of aliphatic hydroxyl groups excluding tert-OH is 3. The molecule has 34 heavy (non-hydrogen) atoms. The molecule has 5 rings (SSSR count). The summed E-state index contributed by atoms with van der Waals surface area (Å²) in [5.41, 5.74) is 3.47. The molecule has 0 radical (unpaired) electrons. The Bertz CT molecular complexity index is 1170. The van der Waals surface area contributed by atoms with Crippen LogP contribution in [0.5, 0.6) is 0 Å². The fourth-order valence-electron chi connectivity index (χ4n) is 4.54. The van der Waals surface area contributed by atoms with Crippen LogP contribution < -0.4 is 10.6 Å². The van der Waals surface area contributed by atoms with Gasteiger partial charge in [0.15, 0.2) is 0 Å². The van der Waals surface area contributed by atoms with E-state index in [1.54, 1.807) is 18.4 Å². The third-order valence-corrected chi connectivity index (χ3v) is 7.59. The second kappa shape index (κ2) is 9.67. The standard InChI is InChI=1S/C23H30N6O4S/c1-11-16(22-28-18-15(34-22)5-6-24-17(18)12-3-4-12)21(29-23(26-11)25-7-8-33-2)27-14-9-13(10-30)19(31)20(14)32/h5-6,12-14,19-20,30-32H,3-4,7-10H2,1-2H3,(H2,25,26,27,29). The van der Waals surface area contributed by atoms with Gasteiger partial charge < -0.3 is 30.7 Å². The number of fused-ring (bicyclic) bond motifs is 1. The second-order valence-electron chi connectivity index (χ2n) is 9.02. The second-order valence-corrected chi connectivity index (χ2v) is 10.1. The van der Waals surface area contributed by atoms with Gasteiger partial charge in [0.05, 0.1) is 40.4 Å². The molecule has 3 heterocycles. The van der Waals surface area contributed by atoms with E-state index < -0.39 is 24.2 Å². The molecule has 2 saturated carbocycles. The number of pyridine rings is 1. The summed E-state index contributed by atoms with van der Waals surface area (Å²) in [6.07, 6.45) is 2.53. The Morgan fingerprint density at radius 1 is 1.18 bits per heavy atom. The van der Waals surface area contributed by atoms with Crippen LogP contribution in [0.25, 0.3) is 20.8 Å². The van der Waals surface area contributed by atoms with E-state index in [1.807, 2.05) is 19.2 Å². The van der Waals surface area contributed by atoms with Crippen molar-refractivity contribution in [3.8, 4) is 10.6 Å². The fraction of sp³-hybridized carbons (Fsp3) is 0.565. The fourth-order valence-corrected chi connectivity index (χ4v) is 5.61. The van der Waals surface area contributed by atoms with Gasteiger partial charge >= 0.3 is 0 Å². The van der Waals surface area contributed by atoms with E-state index in [9.17, 15) is 15.3 Å². The lowest BCUT2D eigenvalue weighted by Gasteiger charge is -2.21. The highest BCUT2D eigenvalue weighted by atomic mass is 32.1. The van der Waals surface area contributed by atoms with E-state index in [1.165, 1.54) is 0 Å². The molecule has 4 unspecified atom stereocenters. The minimum absolute atomic E-state index is 0.190. The van der Waals surface area contributed by atoms with Crippen LogP contribution in [0.4, 0.5) is 11.8 Å². The Morgan fingerprint density at radius 3 is 2.71 bits per heavy atom. The van der Waals surface area contributed by atoms with Gasteiger partial charge in [-0.3, -0.25) is 4.98 Å². The van der Waals surface area contributed by atoms with Gasteiger partial charge in [-0.2, -0.15) is 4.98 Å². The predicted molar refractivity (Wildman–Crippen MR) is 130 cm³/mol. The molecule has 182 valence electrons. The number of hydrogen-bond acceptors (Lipinski definition) is 11. The highest BCUT2D eigenvalue weighted by Crippen LogP contribution is 2.44. The van der Waals surface area contributed by atoms with Crippen LogP contribution in [0.3, 0.4) is 0 Å². The number of aromatic nitrogens is 4. The Morgan fingerprint density at radius 2 is 2.00 bits per heavy atom. The molecule has 11 heteroatoms. The first-order valence-electron chi connectivity index (χ1n) is 11.6. The van der Waals surface area contributed by atoms with Crippen molar-refractivity contribution in [1.29, 1.82) is 0 Å². The number of hydrogen-bond donors (Lipinski definition) is 5. The largest absolute Gasteiger partial charge is 0.396 e. The maximum Gasteiger partial charge on any atom is 0.224 e. The van der Waals surface area contributed by atoms with Crippen LogP contribution >= 0.6 is 11.3 Å². The van der Waals surface area contributed by atoms with Gasteiger partial charge in [-0.1, -0.05) is 0 Å². The van der Waals surface area contributed by atoms with E-state index in [-0.39, 0.29) is 6.61 Å². The molecule has 0 aliphatic heterocycles. The Labute approximate surface area is 201 Å². The van der Waals surface area contributed by atoms with Crippen LogP contribution in [0, 0.1) is 12.8 Å². The minimum Gasteiger partial charge on any atom is -0.396 e. The van der Waals surface area contributed by atoms with E-state index in [0.29, 0.717) is 37.3 Å². The van der Waals surface area contributed by atoms with Gasteiger partial charge in [0.1, 0.15) is 22.4 Å². The lowest BCUT2D eigenvalue weighted by atomic mass is 10.1. The quantitative estimate of drug-likeness (QED) is 0.284. The van der Waals surface area contributed by atoms with E-state index in [4.69, 9.17) is 14.7 Å². The van der Waals surface area contributed by atoms with Gasteiger partial charge in [-0.15, -0.1) is 11.3 Å². The summed E-state index contributed by atoms with van der Waals surface area (Å²) in [5.74, 6) is 1.05. The van der Waals surface area contributed by atoms with Crippen molar-refractivity contribution in [3.63, 3.8) is 0 Å². The number of aliphatic hydroxyl groups is 3. The topological polar surface area (TPSA) is 146 Å². The number of nitrogens with zero attached hydrogens (tertiary/aromatic N) is 4. The molecular formula is C23H30N6O4S. The van der Waals surface area contributed by atoms with Crippen molar-refractivity contribution in [3.05, 3.63) is 23.7 Å². The maximum absolute atomic E-state index is 10.6. The molecule has 4 atom stereocenters. The van der Waals surface area contributed by atoms with Crippen molar-refractivity contribution in [2.24, 2.45) is 5.92 Å². The van der Waals surface area contributed by atoms with E-state index in [2.05, 4.69) is 20.6 Å². The average Bonchev–Trinajstić information content (AvgIpc) is 3.52. The molecule has 2 aliphatic carbocycles. The Balaban J connectivity index is 1.54. The molecule has 3 aromatic heterocycles. The van der Waals surface area contributed by atoms with Gasteiger partial charge in [0.2, 0.25) is 5.95 Å². The zero-order chi connectivity index (χ0) is 23.8. The monoisotopic (exact) mass is 486 g/mol. The lowest BCUT2D eigenvalue weighted by molar-refractivity contribution is 0.00446. The van der Waals surface area contributed by atoms with Crippen molar-refractivity contribution >= 4 is 33.3 Å². The summed E-state index contributed by atoms with van der Waals surface area (Å²) >= 11 is 1.57. The van der Waals surface area contributed by atoms with Crippen molar-refractivity contribution in [2.75, 3.05) is 37.5 Å². The Hall–Kier alpha value is -2.44. The number of thiazole rings is 1. The van der Waals surface area contributed by atoms with Gasteiger partial charge in [-0.25, -0.2) is 9.97 Å². The number of ether oxygens (including phenoxy) is 1. The Kier molecular flexibility index (Phi) is 6.63. The first-order chi connectivity index (χ1) is 16.5. The summed E-state index contributed by atoms with van der Waals surface area (Å²) in [5, 5.41) is 37.7. The van der Waals surface area contributed by atoms with Gasteiger partial charge in [0.25, 0.3) is 0 Å². The van der Waals surface area contributed by atoms with Gasteiger partial charge in [-0.05, 0) is 32.3 Å². The maximum atomic E-state index is 10.6. The van der Waals surface area contributed by atoms with Crippen molar-refractivity contribution < 1.29 is 20.1 Å². The first-order valence-corrected chi connectivity index (χ1v) is 12.4. The molecule has 0 saturated heterocycles. The smallest absolute Gasteiger partial charge is 0.224 e. The van der Waals surface area contributed by atoms with Crippen LogP contribution in [-0.2, 0) is 4.74 Å². The summed E-state index contributed by atoms with van der Waals surface area (Å²) < 4.78 is 6.18. The molecule has 10 nitrogen and oxygen atoms in total. The highest BCUT2D eigenvalue weighted by molar-refractivity contribution is 7.21. The number of aryl methyl sites for hydroxylation is 1. The summed E-state index contributed by atoms with van der Waals surface area (Å²) in [6.45, 7) is 2.77. The molecule has 0 amide bonds. The molecule has 0 bridgehead atoms. The molecule has 0 spiro atoms. The number of nitrogens with one attached hydrogen (secondary N) is 2. The normalized spacial score (nSPS) is 24.6. The summed E-state index contributed by atoms with van der Waals surface area (Å²) in [4.78, 5) is 18.9. The molecular weight excluding hydrogens is 456 g/mol. The third-order valence-electron chi connectivity index (χ3n) is 6.55. The van der Waals surface area contributed by atoms with E-state index >= 15 is 0 Å². The zero-order valence-corrected chi connectivity index (χ0v) is 20.0.